The monoisotopic (exact) mass is 418 g/mol. The van der Waals surface area contributed by atoms with E-state index >= 15 is 0 Å². The smallest absolute Gasteiger partial charge is 0.258 e. The van der Waals surface area contributed by atoms with E-state index in [1.54, 1.807) is 29.5 Å². The Morgan fingerprint density at radius 1 is 1.11 bits per heavy atom. The minimum absolute atomic E-state index is 0. The largest absolute Gasteiger partial charge is 0.415 e. The second kappa shape index (κ2) is 9.32. The van der Waals surface area contributed by atoms with Gasteiger partial charge in [-0.3, -0.25) is 9.69 Å². The highest BCUT2D eigenvalue weighted by Gasteiger charge is 2.18. The molecule has 0 atom stereocenters. The Morgan fingerprint density at radius 2 is 1.86 bits per heavy atom. The topological polar surface area (TPSA) is 85.2 Å². The zero-order chi connectivity index (χ0) is 18.6. The molecule has 2 aromatic heterocycles. The number of likely N-dealkylation sites (tertiary alicyclic amines) is 1. The second-order valence-corrected chi connectivity index (χ2v) is 7.74. The van der Waals surface area contributed by atoms with Gasteiger partial charge in [-0.1, -0.05) is 18.9 Å². The summed E-state index contributed by atoms with van der Waals surface area (Å²) in [4.78, 5) is 14.9. The summed E-state index contributed by atoms with van der Waals surface area (Å²) in [7, 11) is 0. The lowest BCUT2D eigenvalue weighted by Gasteiger charge is -2.19. The Bertz CT molecular complexity index is 932. The van der Waals surface area contributed by atoms with Crippen molar-refractivity contribution in [2.24, 2.45) is 5.73 Å². The van der Waals surface area contributed by atoms with Crippen LogP contribution < -0.4 is 5.73 Å². The third-order valence-electron chi connectivity index (χ3n) is 4.85. The zero-order valence-corrected chi connectivity index (χ0v) is 17.1. The Hall–Kier alpha value is -2.22. The SMILES string of the molecule is Cl.NC(=O)c1cccc(-c2nnc(-c3sccc3CN3CCCCCC3)o2)c1. The van der Waals surface area contributed by atoms with Crippen molar-refractivity contribution >= 4 is 29.7 Å². The summed E-state index contributed by atoms with van der Waals surface area (Å²) in [5.74, 6) is 0.436. The van der Waals surface area contributed by atoms with E-state index in [4.69, 9.17) is 10.2 Å². The van der Waals surface area contributed by atoms with Crippen molar-refractivity contribution in [3.8, 4) is 22.2 Å². The normalized spacial score (nSPS) is 15.0. The number of amides is 1. The summed E-state index contributed by atoms with van der Waals surface area (Å²) in [6.07, 6.45) is 5.18. The van der Waals surface area contributed by atoms with Crippen LogP contribution in [-0.4, -0.2) is 34.1 Å². The molecule has 28 heavy (non-hydrogen) atoms. The number of nitrogens with two attached hydrogens (primary N) is 1. The first-order chi connectivity index (χ1) is 13.2. The van der Waals surface area contributed by atoms with Crippen LogP contribution >= 0.6 is 23.7 Å². The molecule has 1 fully saturated rings. The van der Waals surface area contributed by atoms with Gasteiger partial charge in [-0.05, 0) is 61.1 Å². The summed E-state index contributed by atoms with van der Waals surface area (Å²) in [5.41, 5.74) is 7.69. The van der Waals surface area contributed by atoms with Gasteiger partial charge in [0.2, 0.25) is 11.8 Å². The highest BCUT2D eigenvalue weighted by Crippen LogP contribution is 2.32. The minimum Gasteiger partial charge on any atom is -0.415 e. The van der Waals surface area contributed by atoms with Crippen LogP contribution in [0.5, 0.6) is 0 Å². The zero-order valence-electron chi connectivity index (χ0n) is 15.5. The molecular formula is C20H23ClN4O2S. The Morgan fingerprint density at radius 3 is 2.61 bits per heavy atom. The van der Waals surface area contributed by atoms with Gasteiger partial charge in [-0.2, -0.15) is 0 Å². The van der Waals surface area contributed by atoms with Gasteiger partial charge in [0, 0.05) is 17.7 Å². The van der Waals surface area contributed by atoms with E-state index in [0.717, 1.165) is 24.5 Å². The number of rotatable bonds is 5. The lowest BCUT2D eigenvalue weighted by molar-refractivity contribution is 0.100. The fourth-order valence-corrected chi connectivity index (χ4v) is 4.26. The van der Waals surface area contributed by atoms with E-state index in [0.29, 0.717) is 22.9 Å². The molecule has 2 N–H and O–H groups in total. The predicted octanol–water partition coefficient (Wildman–Crippen LogP) is 4.36. The van der Waals surface area contributed by atoms with Gasteiger partial charge in [-0.25, -0.2) is 0 Å². The van der Waals surface area contributed by atoms with E-state index < -0.39 is 5.91 Å². The number of halogens is 1. The quantitative estimate of drug-likeness (QED) is 0.665. The number of carbonyl (C=O) groups excluding carboxylic acids is 1. The van der Waals surface area contributed by atoms with Crippen LogP contribution in [0.2, 0.25) is 0 Å². The summed E-state index contributed by atoms with van der Waals surface area (Å²) >= 11 is 1.62. The second-order valence-electron chi connectivity index (χ2n) is 6.82. The van der Waals surface area contributed by atoms with E-state index in [2.05, 4.69) is 26.5 Å². The number of aromatic nitrogens is 2. The van der Waals surface area contributed by atoms with E-state index in [1.165, 1.54) is 31.2 Å². The Labute approximate surface area is 174 Å². The molecule has 3 aromatic rings. The van der Waals surface area contributed by atoms with E-state index in [-0.39, 0.29) is 12.4 Å². The van der Waals surface area contributed by atoms with Crippen molar-refractivity contribution < 1.29 is 9.21 Å². The maximum atomic E-state index is 11.4. The lowest BCUT2D eigenvalue weighted by atomic mass is 10.1. The van der Waals surface area contributed by atoms with Gasteiger partial charge in [0.25, 0.3) is 5.89 Å². The molecule has 6 nitrogen and oxygen atoms in total. The molecular weight excluding hydrogens is 396 g/mol. The van der Waals surface area contributed by atoms with Crippen molar-refractivity contribution in [3.63, 3.8) is 0 Å². The van der Waals surface area contributed by atoms with Crippen LogP contribution in [0.3, 0.4) is 0 Å². The molecule has 3 heterocycles. The third-order valence-corrected chi connectivity index (χ3v) is 5.80. The molecule has 1 aliphatic heterocycles. The van der Waals surface area contributed by atoms with Crippen molar-refractivity contribution in [3.05, 3.63) is 46.8 Å². The summed E-state index contributed by atoms with van der Waals surface area (Å²) in [5, 5.41) is 10.5. The average molecular weight is 419 g/mol. The molecule has 4 rings (SSSR count). The standard InChI is InChI=1S/C20H22N4O2S.ClH/c21-18(25)14-6-5-7-15(12-14)19-22-23-20(26-19)17-16(8-11-27-17)13-24-9-3-1-2-4-10-24;/h5-8,11-12H,1-4,9-10,13H2,(H2,21,25);1H. The van der Waals surface area contributed by atoms with E-state index in [1.807, 2.05) is 6.07 Å². The van der Waals surface area contributed by atoms with Crippen LogP contribution in [0.4, 0.5) is 0 Å². The van der Waals surface area contributed by atoms with Gasteiger partial charge in [-0.15, -0.1) is 33.9 Å². The molecule has 1 amide bonds. The number of benzene rings is 1. The van der Waals surface area contributed by atoms with Crippen molar-refractivity contribution in [1.82, 2.24) is 15.1 Å². The molecule has 1 aromatic carbocycles. The summed E-state index contributed by atoms with van der Waals surface area (Å²) in [6, 6.07) is 9.07. The van der Waals surface area contributed by atoms with E-state index in [9.17, 15) is 4.79 Å². The molecule has 1 aliphatic rings. The maximum absolute atomic E-state index is 11.4. The van der Waals surface area contributed by atoms with Crippen LogP contribution in [0.25, 0.3) is 22.2 Å². The summed E-state index contributed by atoms with van der Waals surface area (Å²) in [6.45, 7) is 3.20. The van der Waals surface area contributed by atoms with Crippen LogP contribution in [0.1, 0.15) is 41.6 Å². The maximum Gasteiger partial charge on any atom is 0.258 e. The molecule has 0 radical (unpaired) electrons. The molecule has 8 heteroatoms. The van der Waals surface area contributed by atoms with Gasteiger partial charge < -0.3 is 10.2 Å². The molecule has 0 aliphatic carbocycles. The molecule has 0 unspecified atom stereocenters. The van der Waals surface area contributed by atoms with Crippen molar-refractivity contribution in [2.45, 2.75) is 32.2 Å². The first-order valence-electron chi connectivity index (χ1n) is 9.23. The number of carbonyl (C=O) groups is 1. The van der Waals surface area contributed by atoms with Gasteiger partial charge >= 0.3 is 0 Å². The molecule has 148 valence electrons. The van der Waals surface area contributed by atoms with Crippen molar-refractivity contribution in [1.29, 1.82) is 0 Å². The van der Waals surface area contributed by atoms with Crippen LogP contribution in [-0.2, 0) is 6.54 Å². The summed E-state index contributed by atoms with van der Waals surface area (Å²) < 4.78 is 5.92. The number of thiophene rings is 1. The Kier molecular flexibility index (Phi) is 6.83. The first-order valence-corrected chi connectivity index (χ1v) is 10.1. The molecule has 1 saturated heterocycles. The van der Waals surface area contributed by atoms with Crippen LogP contribution in [0.15, 0.2) is 40.1 Å². The predicted molar refractivity (Wildman–Crippen MR) is 113 cm³/mol. The number of hydrogen-bond donors (Lipinski definition) is 1. The average Bonchev–Trinajstić information content (AvgIpc) is 3.26. The Balaban J connectivity index is 0.00000225. The third kappa shape index (κ3) is 4.60. The highest BCUT2D eigenvalue weighted by atomic mass is 35.5. The fourth-order valence-electron chi connectivity index (χ4n) is 3.42. The van der Waals surface area contributed by atoms with Crippen molar-refractivity contribution in [2.75, 3.05) is 13.1 Å². The highest BCUT2D eigenvalue weighted by molar-refractivity contribution is 7.13. The molecule has 0 saturated carbocycles. The number of nitrogens with zero attached hydrogens (tertiary/aromatic N) is 3. The van der Waals surface area contributed by atoms with Gasteiger partial charge in [0.05, 0.1) is 4.88 Å². The number of hydrogen-bond acceptors (Lipinski definition) is 6. The number of primary amides is 1. The lowest BCUT2D eigenvalue weighted by Crippen LogP contribution is -2.23. The van der Waals surface area contributed by atoms with Gasteiger partial charge in [0.15, 0.2) is 0 Å². The van der Waals surface area contributed by atoms with Gasteiger partial charge in [0.1, 0.15) is 0 Å². The van der Waals surface area contributed by atoms with Crippen LogP contribution in [0, 0.1) is 0 Å². The molecule has 0 bridgehead atoms. The first kappa shape index (κ1) is 20.5. The fraction of sp³-hybridized carbons (Fsp3) is 0.350. The minimum atomic E-state index is -0.477. The molecule has 0 spiro atoms.